The van der Waals surface area contributed by atoms with Gasteiger partial charge in [-0.1, -0.05) is 44.7 Å². The lowest BCUT2D eigenvalue weighted by molar-refractivity contribution is 0.287. The molecule has 2 N–H and O–H groups in total. The van der Waals surface area contributed by atoms with Gasteiger partial charge in [0.1, 0.15) is 0 Å². The van der Waals surface area contributed by atoms with Gasteiger partial charge in [0.05, 0.1) is 11.0 Å². The highest BCUT2D eigenvalue weighted by Crippen LogP contribution is 2.44. The quantitative estimate of drug-likeness (QED) is 0.869. The van der Waals surface area contributed by atoms with Gasteiger partial charge in [-0.2, -0.15) is 0 Å². The van der Waals surface area contributed by atoms with E-state index in [9.17, 15) is 0 Å². The first kappa shape index (κ1) is 14.9. The molecule has 0 bridgehead atoms. The molecule has 1 heterocycles. The first-order chi connectivity index (χ1) is 10.1. The molecule has 1 fully saturated rings. The number of rotatable bonds is 5. The zero-order chi connectivity index (χ0) is 14.9. The zero-order valence-corrected chi connectivity index (χ0v) is 14.0. The smallest absolute Gasteiger partial charge is 0.166 e. The second-order valence-corrected chi connectivity index (χ2v) is 7.90. The highest BCUT2D eigenvalue weighted by Gasteiger charge is 2.42. The van der Waals surface area contributed by atoms with E-state index in [1.807, 2.05) is 17.8 Å². The minimum absolute atomic E-state index is 0.374. The summed E-state index contributed by atoms with van der Waals surface area (Å²) in [6, 6.07) is 8.83. The summed E-state index contributed by atoms with van der Waals surface area (Å²) < 4.78 is 0. The molecule has 0 spiro atoms. The van der Waals surface area contributed by atoms with Gasteiger partial charge in [-0.25, -0.2) is 4.98 Å². The van der Waals surface area contributed by atoms with Crippen molar-refractivity contribution in [2.45, 2.75) is 56.5 Å². The van der Waals surface area contributed by atoms with E-state index in [0.717, 1.165) is 22.7 Å². The van der Waals surface area contributed by atoms with Gasteiger partial charge >= 0.3 is 0 Å². The van der Waals surface area contributed by atoms with Crippen LogP contribution in [0, 0.1) is 5.41 Å². The van der Waals surface area contributed by atoms with Crippen molar-refractivity contribution in [3.05, 3.63) is 24.3 Å². The van der Waals surface area contributed by atoms with Crippen molar-refractivity contribution in [1.29, 1.82) is 0 Å². The molecule has 2 atom stereocenters. The summed E-state index contributed by atoms with van der Waals surface area (Å²) in [7, 11) is 0. The molecule has 1 aliphatic carbocycles. The van der Waals surface area contributed by atoms with Gasteiger partial charge in [0, 0.05) is 11.3 Å². The van der Waals surface area contributed by atoms with E-state index < -0.39 is 0 Å². The number of imidazole rings is 1. The van der Waals surface area contributed by atoms with Gasteiger partial charge < -0.3 is 10.3 Å². The third-order valence-electron chi connectivity index (χ3n) is 4.53. The molecule has 3 nitrogen and oxygen atoms in total. The number of benzene rings is 1. The van der Waals surface area contributed by atoms with Gasteiger partial charge in [0.25, 0.3) is 0 Å². The fourth-order valence-electron chi connectivity index (χ4n) is 3.30. The summed E-state index contributed by atoms with van der Waals surface area (Å²) in [6.07, 6.45) is 3.73. The minimum Gasteiger partial charge on any atom is -0.333 e. The fourth-order valence-corrected chi connectivity index (χ4v) is 4.75. The van der Waals surface area contributed by atoms with Gasteiger partial charge in [0.2, 0.25) is 0 Å². The van der Waals surface area contributed by atoms with Crippen LogP contribution in [-0.4, -0.2) is 27.8 Å². The van der Waals surface area contributed by atoms with Crippen LogP contribution in [0.5, 0.6) is 0 Å². The van der Waals surface area contributed by atoms with E-state index in [0.29, 0.717) is 16.7 Å². The summed E-state index contributed by atoms with van der Waals surface area (Å²) in [5.74, 6) is 0. The maximum Gasteiger partial charge on any atom is 0.166 e. The fraction of sp³-hybridized carbons (Fsp3) is 0.588. The second-order valence-electron chi connectivity index (χ2n) is 6.67. The molecule has 1 aromatic heterocycles. The topological polar surface area (TPSA) is 40.7 Å². The molecule has 3 rings (SSSR count). The molecule has 0 amide bonds. The van der Waals surface area contributed by atoms with E-state index in [2.05, 4.69) is 49.3 Å². The average molecular weight is 303 g/mol. The number of fused-ring (bicyclic) bond motifs is 1. The minimum atomic E-state index is 0.374. The van der Waals surface area contributed by atoms with Crippen LogP contribution in [0.3, 0.4) is 0 Å². The van der Waals surface area contributed by atoms with E-state index in [1.54, 1.807) is 0 Å². The van der Waals surface area contributed by atoms with Crippen LogP contribution >= 0.6 is 11.8 Å². The summed E-state index contributed by atoms with van der Waals surface area (Å²) in [4.78, 5) is 8.17. The zero-order valence-electron chi connectivity index (χ0n) is 13.1. The predicted octanol–water partition coefficient (Wildman–Crippen LogP) is 4.21. The van der Waals surface area contributed by atoms with Crippen molar-refractivity contribution in [1.82, 2.24) is 15.3 Å². The Balaban J connectivity index is 1.76. The van der Waals surface area contributed by atoms with Gasteiger partial charge in [-0.3, -0.25) is 0 Å². The normalized spacial score (nSPS) is 24.7. The predicted molar refractivity (Wildman–Crippen MR) is 90.8 cm³/mol. The Hall–Kier alpha value is -1.00. The van der Waals surface area contributed by atoms with Crippen molar-refractivity contribution in [3.8, 4) is 0 Å². The van der Waals surface area contributed by atoms with Crippen molar-refractivity contribution < 1.29 is 0 Å². The van der Waals surface area contributed by atoms with Gasteiger partial charge in [-0.15, -0.1) is 0 Å². The SMILES string of the molecule is CCCNC1C(Sc2nc3ccccc3[nH]2)CCC1(C)C. The number of hydrogen-bond donors (Lipinski definition) is 2. The first-order valence-corrected chi connectivity index (χ1v) is 8.83. The molecule has 1 aromatic carbocycles. The molecular formula is C17H25N3S. The summed E-state index contributed by atoms with van der Waals surface area (Å²) in [6.45, 7) is 8.11. The lowest BCUT2D eigenvalue weighted by Crippen LogP contribution is -2.43. The first-order valence-electron chi connectivity index (χ1n) is 7.95. The Labute approximate surface area is 131 Å². The lowest BCUT2D eigenvalue weighted by atomic mass is 9.87. The number of aromatic amines is 1. The Bertz CT molecular complexity index is 572. The molecular weight excluding hydrogens is 278 g/mol. The van der Waals surface area contributed by atoms with E-state index in [4.69, 9.17) is 4.98 Å². The molecule has 0 aliphatic heterocycles. The Morgan fingerprint density at radius 1 is 1.38 bits per heavy atom. The van der Waals surface area contributed by atoms with E-state index in [-0.39, 0.29) is 0 Å². The standard InChI is InChI=1S/C17H25N3S/c1-4-11-18-15-14(9-10-17(15,2)3)21-16-19-12-7-5-6-8-13(12)20-16/h5-8,14-15,18H,4,9-11H2,1-3H3,(H,19,20). The maximum atomic E-state index is 4.72. The molecule has 114 valence electrons. The van der Waals surface area contributed by atoms with Crippen LogP contribution in [-0.2, 0) is 0 Å². The Morgan fingerprint density at radius 3 is 2.95 bits per heavy atom. The third-order valence-corrected chi connectivity index (χ3v) is 5.76. The summed E-state index contributed by atoms with van der Waals surface area (Å²) in [5, 5.41) is 5.42. The molecule has 1 saturated carbocycles. The van der Waals surface area contributed by atoms with E-state index >= 15 is 0 Å². The molecule has 2 unspecified atom stereocenters. The number of aromatic nitrogens is 2. The maximum absolute atomic E-state index is 4.72. The lowest BCUT2D eigenvalue weighted by Gasteiger charge is -2.31. The average Bonchev–Trinajstić information content (AvgIpc) is 2.98. The van der Waals surface area contributed by atoms with Crippen LogP contribution in [0.25, 0.3) is 11.0 Å². The number of hydrogen-bond acceptors (Lipinski definition) is 3. The van der Waals surface area contributed by atoms with Crippen molar-refractivity contribution in [2.24, 2.45) is 5.41 Å². The van der Waals surface area contributed by atoms with Crippen LogP contribution in [0.2, 0.25) is 0 Å². The Morgan fingerprint density at radius 2 is 2.19 bits per heavy atom. The summed E-state index contributed by atoms with van der Waals surface area (Å²) in [5.41, 5.74) is 2.57. The van der Waals surface area contributed by atoms with Crippen LogP contribution < -0.4 is 5.32 Å². The van der Waals surface area contributed by atoms with Crippen molar-refractivity contribution in [2.75, 3.05) is 6.54 Å². The van der Waals surface area contributed by atoms with Crippen LogP contribution in [0.1, 0.15) is 40.0 Å². The van der Waals surface area contributed by atoms with E-state index in [1.165, 1.54) is 19.3 Å². The summed E-state index contributed by atoms with van der Waals surface area (Å²) >= 11 is 1.91. The molecule has 0 saturated heterocycles. The molecule has 0 radical (unpaired) electrons. The monoisotopic (exact) mass is 303 g/mol. The highest BCUT2D eigenvalue weighted by molar-refractivity contribution is 7.99. The number of thioether (sulfide) groups is 1. The molecule has 21 heavy (non-hydrogen) atoms. The van der Waals surface area contributed by atoms with Gasteiger partial charge in [0.15, 0.2) is 5.16 Å². The van der Waals surface area contributed by atoms with Crippen LogP contribution in [0.15, 0.2) is 29.4 Å². The van der Waals surface area contributed by atoms with Crippen molar-refractivity contribution >= 4 is 22.8 Å². The molecule has 2 aromatic rings. The second kappa shape index (κ2) is 6.01. The third kappa shape index (κ3) is 3.11. The number of nitrogens with one attached hydrogen (secondary N) is 2. The number of para-hydroxylation sites is 2. The molecule has 1 aliphatic rings. The Kier molecular flexibility index (Phi) is 4.27. The number of H-pyrrole nitrogens is 1. The largest absolute Gasteiger partial charge is 0.333 e. The van der Waals surface area contributed by atoms with Crippen molar-refractivity contribution in [3.63, 3.8) is 0 Å². The highest BCUT2D eigenvalue weighted by atomic mass is 32.2. The number of nitrogens with zero attached hydrogens (tertiary/aromatic N) is 1. The molecule has 4 heteroatoms. The van der Waals surface area contributed by atoms with Crippen LogP contribution in [0.4, 0.5) is 0 Å². The van der Waals surface area contributed by atoms with Gasteiger partial charge in [-0.05, 0) is 43.4 Å².